The minimum Gasteiger partial charge on any atom is -0.491 e. The maximum Gasteiger partial charge on any atom is 0.307 e. The third kappa shape index (κ3) is 6.89. The van der Waals surface area contributed by atoms with Crippen LogP contribution in [0.5, 0.6) is 5.75 Å². The van der Waals surface area contributed by atoms with E-state index in [4.69, 9.17) is 4.74 Å². The van der Waals surface area contributed by atoms with E-state index in [9.17, 15) is 9.59 Å². The molecule has 134 valence electrons. The molecule has 0 radical (unpaired) electrons. The molecule has 0 saturated heterocycles. The van der Waals surface area contributed by atoms with Gasteiger partial charge in [0, 0.05) is 20.1 Å². The average molecular weight is 336 g/mol. The number of hydrogen-bond donors (Lipinski definition) is 1. The molecule has 6 nitrogen and oxygen atoms in total. The lowest BCUT2D eigenvalue weighted by Crippen LogP contribution is -2.18. The third-order valence-electron chi connectivity index (χ3n) is 3.52. The van der Waals surface area contributed by atoms with Gasteiger partial charge in [0.25, 0.3) is 0 Å². The van der Waals surface area contributed by atoms with Crippen LogP contribution in [0.15, 0.2) is 18.2 Å². The van der Waals surface area contributed by atoms with Crippen molar-refractivity contribution >= 4 is 18.1 Å². The molecule has 0 saturated carbocycles. The Morgan fingerprint density at radius 2 is 2.12 bits per heavy atom. The smallest absolute Gasteiger partial charge is 0.307 e. The largest absolute Gasteiger partial charge is 0.491 e. The summed E-state index contributed by atoms with van der Waals surface area (Å²) in [6.45, 7) is 5.82. The molecule has 1 N–H and O–H groups in total. The van der Waals surface area contributed by atoms with Crippen LogP contribution in [0.25, 0.3) is 0 Å². The van der Waals surface area contributed by atoms with Crippen LogP contribution in [0.1, 0.15) is 32.3 Å². The molecule has 1 aromatic carbocycles. The lowest BCUT2D eigenvalue weighted by molar-refractivity contribution is -0.140. The first kappa shape index (κ1) is 19.8. The van der Waals surface area contributed by atoms with Gasteiger partial charge in [0.05, 0.1) is 25.8 Å². The van der Waals surface area contributed by atoms with Gasteiger partial charge in [-0.1, -0.05) is 26.0 Å². The molecule has 0 aliphatic heterocycles. The number of amides is 1. The Balaban J connectivity index is 2.87. The van der Waals surface area contributed by atoms with Gasteiger partial charge in [-0.25, -0.2) is 0 Å². The van der Waals surface area contributed by atoms with Crippen LogP contribution in [0, 0.1) is 5.92 Å². The molecular formula is C18H28N2O4. The van der Waals surface area contributed by atoms with Gasteiger partial charge in [0.15, 0.2) is 0 Å². The van der Waals surface area contributed by atoms with E-state index in [1.807, 2.05) is 18.2 Å². The Hall–Kier alpha value is -2.24. The zero-order valence-corrected chi connectivity index (χ0v) is 15.0. The van der Waals surface area contributed by atoms with Crippen LogP contribution in [0.4, 0.5) is 5.69 Å². The number of ether oxygens (including phenoxy) is 2. The molecule has 0 bridgehead atoms. The summed E-state index contributed by atoms with van der Waals surface area (Å²) >= 11 is 0. The third-order valence-corrected chi connectivity index (χ3v) is 3.52. The first-order valence-electron chi connectivity index (χ1n) is 8.18. The van der Waals surface area contributed by atoms with Crippen molar-refractivity contribution in [3.63, 3.8) is 0 Å². The minimum absolute atomic E-state index is 0.264. The lowest BCUT2D eigenvalue weighted by atomic mass is 10.1. The van der Waals surface area contributed by atoms with Gasteiger partial charge in [-0.05, 0) is 24.0 Å². The van der Waals surface area contributed by atoms with E-state index in [0.717, 1.165) is 29.8 Å². The molecular weight excluding hydrogens is 308 g/mol. The fraction of sp³-hybridized carbons (Fsp3) is 0.556. The molecule has 6 heteroatoms. The van der Waals surface area contributed by atoms with Crippen molar-refractivity contribution in [3.05, 3.63) is 23.8 Å². The van der Waals surface area contributed by atoms with Crippen molar-refractivity contribution in [3.8, 4) is 5.75 Å². The number of carbonyl (C=O) groups is 2. The predicted molar refractivity (Wildman–Crippen MR) is 94.0 cm³/mol. The molecule has 0 aliphatic carbocycles. The van der Waals surface area contributed by atoms with Crippen LogP contribution < -0.4 is 10.1 Å². The molecule has 0 heterocycles. The first-order valence-corrected chi connectivity index (χ1v) is 8.18. The van der Waals surface area contributed by atoms with E-state index < -0.39 is 0 Å². The van der Waals surface area contributed by atoms with Gasteiger partial charge in [-0.3, -0.25) is 9.59 Å². The zero-order valence-electron chi connectivity index (χ0n) is 15.0. The Kier molecular flexibility index (Phi) is 8.68. The quantitative estimate of drug-likeness (QED) is 0.497. The highest BCUT2D eigenvalue weighted by Gasteiger charge is 2.12. The standard InChI is InChI=1S/C18H28N2O4/c1-14(2)9-11-24-16-7-5-6-15(12-20(3)13-21)18(16)19-10-8-17(22)23-4/h5-7,13-14,19H,8-12H2,1-4H3. The summed E-state index contributed by atoms with van der Waals surface area (Å²) in [4.78, 5) is 23.8. The minimum atomic E-state index is -0.271. The maximum absolute atomic E-state index is 11.3. The molecule has 1 rings (SSSR count). The molecule has 24 heavy (non-hydrogen) atoms. The summed E-state index contributed by atoms with van der Waals surface area (Å²) in [7, 11) is 3.09. The van der Waals surface area contributed by atoms with Crippen LogP contribution in [0.3, 0.4) is 0 Å². The van der Waals surface area contributed by atoms with Crippen molar-refractivity contribution in [2.24, 2.45) is 5.92 Å². The van der Waals surface area contributed by atoms with Crippen molar-refractivity contribution < 1.29 is 19.1 Å². The molecule has 0 fully saturated rings. The molecule has 1 amide bonds. The number of para-hydroxylation sites is 1. The molecule has 1 aromatic rings. The van der Waals surface area contributed by atoms with Crippen molar-refractivity contribution in [1.29, 1.82) is 0 Å². The molecule has 0 atom stereocenters. The Morgan fingerprint density at radius 1 is 1.38 bits per heavy atom. The number of anilines is 1. The van der Waals surface area contributed by atoms with E-state index in [1.165, 1.54) is 7.11 Å². The summed E-state index contributed by atoms with van der Waals surface area (Å²) < 4.78 is 10.6. The van der Waals surface area contributed by atoms with Gasteiger partial charge in [-0.2, -0.15) is 0 Å². The SMILES string of the molecule is COC(=O)CCNc1c(CN(C)C=O)cccc1OCCC(C)C. The van der Waals surface area contributed by atoms with E-state index in [2.05, 4.69) is 23.9 Å². The van der Waals surface area contributed by atoms with Crippen molar-refractivity contribution in [1.82, 2.24) is 4.90 Å². The summed E-state index contributed by atoms with van der Waals surface area (Å²) in [5.74, 6) is 1.02. The number of rotatable bonds is 11. The Labute approximate surface area is 144 Å². The topological polar surface area (TPSA) is 67.9 Å². The number of methoxy groups -OCH3 is 1. The highest BCUT2D eigenvalue weighted by atomic mass is 16.5. The summed E-state index contributed by atoms with van der Waals surface area (Å²) in [6, 6.07) is 5.74. The highest BCUT2D eigenvalue weighted by Crippen LogP contribution is 2.29. The number of benzene rings is 1. The van der Waals surface area contributed by atoms with Crippen molar-refractivity contribution in [2.75, 3.05) is 32.6 Å². The number of carbonyl (C=O) groups excluding carboxylic acids is 2. The van der Waals surface area contributed by atoms with Crippen molar-refractivity contribution in [2.45, 2.75) is 33.2 Å². The zero-order chi connectivity index (χ0) is 17.9. The summed E-state index contributed by atoms with van der Waals surface area (Å²) in [5, 5.41) is 3.25. The number of hydrogen-bond acceptors (Lipinski definition) is 5. The van der Waals surface area contributed by atoms with Crippen LogP contribution in [0.2, 0.25) is 0 Å². The van der Waals surface area contributed by atoms with Gasteiger partial charge in [-0.15, -0.1) is 0 Å². The number of nitrogens with zero attached hydrogens (tertiary/aromatic N) is 1. The maximum atomic E-state index is 11.3. The molecule has 0 aliphatic rings. The molecule has 0 aromatic heterocycles. The van der Waals surface area contributed by atoms with Crippen LogP contribution in [-0.2, 0) is 20.9 Å². The second-order valence-corrected chi connectivity index (χ2v) is 6.09. The number of nitrogens with one attached hydrogen (secondary N) is 1. The summed E-state index contributed by atoms with van der Waals surface area (Å²) in [5.41, 5.74) is 1.76. The monoisotopic (exact) mass is 336 g/mol. The van der Waals surface area contributed by atoms with Gasteiger partial charge in [0.2, 0.25) is 6.41 Å². The van der Waals surface area contributed by atoms with Crippen LogP contribution in [-0.4, -0.2) is 44.6 Å². The first-order chi connectivity index (χ1) is 11.5. The fourth-order valence-electron chi connectivity index (χ4n) is 2.13. The molecule has 0 unspecified atom stereocenters. The van der Waals surface area contributed by atoms with E-state index in [0.29, 0.717) is 25.6 Å². The van der Waals surface area contributed by atoms with Gasteiger partial charge < -0.3 is 19.7 Å². The van der Waals surface area contributed by atoms with E-state index in [-0.39, 0.29) is 12.4 Å². The summed E-state index contributed by atoms with van der Waals surface area (Å²) in [6.07, 6.45) is 2.00. The Bertz CT molecular complexity index is 532. The van der Waals surface area contributed by atoms with Crippen LogP contribution >= 0.6 is 0 Å². The predicted octanol–water partition coefficient (Wildman–Crippen LogP) is 2.67. The van der Waals surface area contributed by atoms with E-state index in [1.54, 1.807) is 11.9 Å². The normalized spacial score (nSPS) is 10.4. The fourth-order valence-corrected chi connectivity index (χ4v) is 2.13. The molecule has 0 spiro atoms. The second-order valence-electron chi connectivity index (χ2n) is 6.09. The number of esters is 1. The lowest BCUT2D eigenvalue weighted by Gasteiger charge is -2.19. The second kappa shape index (κ2) is 10.5. The van der Waals surface area contributed by atoms with Gasteiger partial charge in [0.1, 0.15) is 5.75 Å². The average Bonchev–Trinajstić information content (AvgIpc) is 2.56. The Morgan fingerprint density at radius 3 is 2.75 bits per heavy atom. The van der Waals surface area contributed by atoms with Gasteiger partial charge >= 0.3 is 5.97 Å². The highest BCUT2D eigenvalue weighted by molar-refractivity contribution is 5.70. The van der Waals surface area contributed by atoms with E-state index >= 15 is 0 Å².